The fourth-order valence-electron chi connectivity index (χ4n) is 3.37. The summed E-state index contributed by atoms with van der Waals surface area (Å²) in [6.45, 7) is 5.24. The maximum atomic E-state index is 12.3. The van der Waals surface area contributed by atoms with E-state index in [1.54, 1.807) is 14.2 Å². The maximum absolute atomic E-state index is 12.3. The van der Waals surface area contributed by atoms with Crippen molar-refractivity contribution >= 4 is 16.9 Å². The first kappa shape index (κ1) is 20.6. The molecule has 2 amide bonds. The summed E-state index contributed by atoms with van der Waals surface area (Å²) in [5, 5.41) is 7.12. The molecular formula is C23H29N3O3. The maximum Gasteiger partial charge on any atom is 0.314 e. The number of para-hydroxylation sites is 1. The van der Waals surface area contributed by atoms with Crippen LogP contribution >= 0.6 is 0 Å². The van der Waals surface area contributed by atoms with Crippen molar-refractivity contribution in [2.24, 2.45) is 0 Å². The number of methoxy groups -OCH3 is 2. The van der Waals surface area contributed by atoms with Crippen LogP contribution in [0.5, 0.6) is 11.5 Å². The monoisotopic (exact) mass is 395 g/mol. The minimum Gasteiger partial charge on any atom is -0.493 e. The largest absolute Gasteiger partial charge is 0.493 e. The van der Waals surface area contributed by atoms with Crippen molar-refractivity contribution in [2.45, 2.75) is 25.7 Å². The number of carbonyl (C=O) groups is 1. The smallest absolute Gasteiger partial charge is 0.314 e. The SMILES string of the molecule is COc1ccc(C(C)(C)CNC(=O)NCCc2c[nH]c3ccccc23)cc1OC. The van der Waals surface area contributed by atoms with E-state index in [-0.39, 0.29) is 11.4 Å². The standard InChI is InChI=1S/C23H29N3O3/c1-23(2,17-9-10-20(28-3)21(13-17)29-4)15-26-22(27)24-12-11-16-14-25-19-8-6-5-7-18(16)19/h5-10,13-14,25H,11-12,15H2,1-4H3,(H2,24,26,27). The van der Waals surface area contributed by atoms with Crippen LogP contribution in [0.4, 0.5) is 4.79 Å². The Hall–Kier alpha value is -3.15. The Kier molecular flexibility index (Phi) is 6.32. The van der Waals surface area contributed by atoms with Crippen LogP contribution in [0.15, 0.2) is 48.7 Å². The molecule has 0 saturated carbocycles. The van der Waals surface area contributed by atoms with Crippen molar-refractivity contribution in [3.05, 3.63) is 59.8 Å². The predicted molar refractivity (Wildman–Crippen MR) is 116 cm³/mol. The zero-order valence-corrected chi connectivity index (χ0v) is 17.5. The van der Waals surface area contributed by atoms with Crippen LogP contribution in [0, 0.1) is 0 Å². The van der Waals surface area contributed by atoms with Crippen LogP contribution in [0.25, 0.3) is 10.9 Å². The molecule has 3 aromatic rings. The van der Waals surface area contributed by atoms with Crippen LogP contribution in [0.1, 0.15) is 25.0 Å². The Morgan fingerprint density at radius 2 is 1.79 bits per heavy atom. The molecule has 0 spiro atoms. The van der Waals surface area contributed by atoms with E-state index >= 15 is 0 Å². The minimum atomic E-state index is -0.256. The Labute approximate surface area is 171 Å². The van der Waals surface area contributed by atoms with Crippen molar-refractivity contribution in [1.29, 1.82) is 0 Å². The molecule has 0 aliphatic carbocycles. The van der Waals surface area contributed by atoms with E-state index in [1.165, 1.54) is 10.9 Å². The second-order valence-electron chi connectivity index (χ2n) is 7.67. The van der Waals surface area contributed by atoms with Crippen LogP contribution in [-0.2, 0) is 11.8 Å². The van der Waals surface area contributed by atoms with E-state index in [0.29, 0.717) is 24.6 Å². The first-order valence-electron chi connectivity index (χ1n) is 9.74. The summed E-state index contributed by atoms with van der Waals surface area (Å²) in [6, 6.07) is 13.8. The van der Waals surface area contributed by atoms with Crippen LogP contribution in [0.2, 0.25) is 0 Å². The van der Waals surface area contributed by atoms with Gasteiger partial charge in [-0.05, 0) is 35.7 Å². The van der Waals surface area contributed by atoms with E-state index < -0.39 is 0 Å². The van der Waals surface area contributed by atoms with Crippen molar-refractivity contribution < 1.29 is 14.3 Å². The quantitative estimate of drug-likeness (QED) is 0.540. The summed E-state index contributed by atoms with van der Waals surface area (Å²) in [5.41, 5.74) is 3.12. The van der Waals surface area contributed by atoms with Gasteiger partial charge in [-0.3, -0.25) is 0 Å². The number of amides is 2. The number of carbonyl (C=O) groups excluding carboxylic acids is 1. The molecule has 6 nitrogen and oxygen atoms in total. The average Bonchev–Trinajstić information content (AvgIpc) is 3.15. The zero-order chi connectivity index (χ0) is 20.9. The van der Waals surface area contributed by atoms with Crippen molar-refractivity contribution in [1.82, 2.24) is 15.6 Å². The van der Waals surface area contributed by atoms with Gasteiger partial charge in [0.15, 0.2) is 11.5 Å². The lowest BCUT2D eigenvalue weighted by Crippen LogP contribution is -2.42. The molecule has 0 saturated heterocycles. The van der Waals surface area contributed by atoms with Gasteiger partial charge in [0.1, 0.15) is 0 Å². The first-order chi connectivity index (χ1) is 13.9. The van der Waals surface area contributed by atoms with E-state index in [1.807, 2.05) is 36.5 Å². The highest BCUT2D eigenvalue weighted by Crippen LogP contribution is 2.32. The van der Waals surface area contributed by atoms with Crippen LogP contribution < -0.4 is 20.1 Å². The molecule has 3 N–H and O–H groups in total. The van der Waals surface area contributed by atoms with Gasteiger partial charge in [0.25, 0.3) is 0 Å². The van der Waals surface area contributed by atoms with Crippen LogP contribution in [0.3, 0.4) is 0 Å². The fraction of sp³-hybridized carbons (Fsp3) is 0.348. The van der Waals surface area contributed by atoms with Gasteiger partial charge in [0.05, 0.1) is 14.2 Å². The third-order valence-corrected chi connectivity index (χ3v) is 5.21. The van der Waals surface area contributed by atoms with Crippen molar-refractivity contribution in [3.63, 3.8) is 0 Å². The number of benzene rings is 2. The third-order valence-electron chi connectivity index (χ3n) is 5.21. The summed E-state index contributed by atoms with van der Waals surface area (Å²) in [5.74, 6) is 1.37. The van der Waals surface area contributed by atoms with E-state index in [0.717, 1.165) is 17.5 Å². The van der Waals surface area contributed by atoms with Gasteiger partial charge in [-0.1, -0.05) is 38.1 Å². The number of aromatic amines is 1. The third kappa shape index (κ3) is 4.83. The highest BCUT2D eigenvalue weighted by atomic mass is 16.5. The number of nitrogens with one attached hydrogen (secondary N) is 3. The number of hydrogen-bond acceptors (Lipinski definition) is 3. The number of aromatic nitrogens is 1. The molecule has 0 unspecified atom stereocenters. The van der Waals surface area contributed by atoms with E-state index in [4.69, 9.17) is 9.47 Å². The molecule has 1 aromatic heterocycles. The van der Waals surface area contributed by atoms with Gasteiger partial charge in [-0.25, -0.2) is 4.79 Å². The summed E-state index contributed by atoms with van der Waals surface area (Å²) >= 11 is 0. The average molecular weight is 396 g/mol. The molecule has 0 aliphatic heterocycles. The lowest BCUT2D eigenvalue weighted by Gasteiger charge is -2.26. The molecule has 29 heavy (non-hydrogen) atoms. The highest BCUT2D eigenvalue weighted by molar-refractivity contribution is 5.83. The van der Waals surface area contributed by atoms with Gasteiger partial charge in [-0.2, -0.15) is 0 Å². The Bertz CT molecular complexity index is 978. The summed E-state index contributed by atoms with van der Waals surface area (Å²) in [7, 11) is 3.23. The molecule has 2 aromatic carbocycles. The van der Waals surface area contributed by atoms with E-state index in [2.05, 4.69) is 41.6 Å². The summed E-state index contributed by atoms with van der Waals surface area (Å²) in [4.78, 5) is 15.5. The van der Waals surface area contributed by atoms with Gasteiger partial charge >= 0.3 is 6.03 Å². The molecule has 0 fully saturated rings. The van der Waals surface area contributed by atoms with Crippen molar-refractivity contribution in [2.75, 3.05) is 27.3 Å². The second kappa shape index (κ2) is 8.90. The number of urea groups is 1. The van der Waals surface area contributed by atoms with Gasteiger partial charge in [0.2, 0.25) is 0 Å². The molecule has 0 atom stereocenters. The topological polar surface area (TPSA) is 75.4 Å². The second-order valence-corrected chi connectivity index (χ2v) is 7.67. The molecule has 3 rings (SSSR count). The Morgan fingerprint density at radius 3 is 2.55 bits per heavy atom. The number of ether oxygens (including phenoxy) is 2. The zero-order valence-electron chi connectivity index (χ0n) is 17.5. The van der Waals surface area contributed by atoms with Gasteiger partial charge in [-0.15, -0.1) is 0 Å². The molecule has 0 bridgehead atoms. The molecule has 1 heterocycles. The fourth-order valence-corrected chi connectivity index (χ4v) is 3.37. The molecule has 154 valence electrons. The number of rotatable bonds is 8. The summed E-state index contributed by atoms with van der Waals surface area (Å²) < 4.78 is 10.7. The lowest BCUT2D eigenvalue weighted by molar-refractivity contribution is 0.238. The lowest BCUT2D eigenvalue weighted by atomic mass is 9.84. The summed E-state index contributed by atoms with van der Waals surface area (Å²) in [6.07, 6.45) is 2.78. The van der Waals surface area contributed by atoms with Crippen molar-refractivity contribution in [3.8, 4) is 11.5 Å². The number of fused-ring (bicyclic) bond motifs is 1. The number of hydrogen-bond donors (Lipinski definition) is 3. The van der Waals surface area contributed by atoms with Gasteiger partial charge < -0.3 is 25.1 Å². The normalized spacial score (nSPS) is 11.3. The number of H-pyrrole nitrogens is 1. The van der Waals surface area contributed by atoms with E-state index in [9.17, 15) is 4.79 Å². The highest BCUT2D eigenvalue weighted by Gasteiger charge is 2.23. The Balaban J connectivity index is 1.51. The minimum absolute atomic E-state index is 0.168. The Morgan fingerprint density at radius 1 is 1.03 bits per heavy atom. The molecular weight excluding hydrogens is 366 g/mol. The first-order valence-corrected chi connectivity index (χ1v) is 9.74. The molecule has 0 radical (unpaired) electrons. The van der Waals surface area contributed by atoms with Gasteiger partial charge in [0, 0.05) is 35.6 Å². The van der Waals surface area contributed by atoms with Crippen LogP contribution in [-0.4, -0.2) is 38.3 Å². The molecule has 0 aliphatic rings. The predicted octanol–water partition coefficient (Wildman–Crippen LogP) is 4.00. The molecule has 6 heteroatoms.